The Bertz CT molecular complexity index is 453. The third-order valence-electron chi connectivity index (χ3n) is 7.38. The van der Waals surface area contributed by atoms with Gasteiger partial charge in [-0.15, -0.1) is 0 Å². The summed E-state index contributed by atoms with van der Waals surface area (Å²) in [6.45, 7) is 8.58. The zero-order chi connectivity index (χ0) is 16.5. The standard InChI is InChI=1S/C19H33NO3/c1-5-18(6-2)12-19(11-17(3,4)20(18)21)22-15-13-9-7-8-10-14(13)16(15)23-19/h13-16,21H,5-12H2,1-4H3. The topological polar surface area (TPSA) is 41.9 Å². The lowest BCUT2D eigenvalue weighted by Crippen LogP contribution is -2.66. The maximum absolute atomic E-state index is 10.9. The quantitative estimate of drug-likeness (QED) is 0.830. The van der Waals surface area contributed by atoms with Gasteiger partial charge >= 0.3 is 0 Å². The zero-order valence-electron chi connectivity index (χ0n) is 15.2. The molecule has 0 aromatic heterocycles. The Kier molecular flexibility index (Phi) is 3.67. The molecule has 0 bridgehead atoms. The van der Waals surface area contributed by atoms with Crippen molar-refractivity contribution in [2.45, 2.75) is 108 Å². The smallest absolute Gasteiger partial charge is 0.173 e. The molecular weight excluding hydrogens is 290 g/mol. The minimum atomic E-state index is -0.485. The molecule has 0 amide bonds. The summed E-state index contributed by atoms with van der Waals surface area (Å²) in [5.41, 5.74) is -0.560. The molecule has 4 unspecified atom stereocenters. The van der Waals surface area contributed by atoms with Gasteiger partial charge in [0.2, 0.25) is 0 Å². The van der Waals surface area contributed by atoms with E-state index in [-0.39, 0.29) is 11.1 Å². The number of nitrogens with zero attached hydrogens (tertiary/aromatic N) is 1. The van der Waals surface area contributed by atoms with E-state index in [0.717, 1.165) is 37.5 Å². The van der Waals surface area contributed by atoms with E-state index in [4.69, 9.17) is 9.47 Å². The lowest BCUT2D eigenvalue weighted by molar-refractivity contribution is -0.327. The molecule has 4 nitrogen and oxygen atoms in total. The number of rotatable bonds is 2. The van der Waals surface area contributed by atoms with Gasteiger partial charge in [0.15, 0.2) is 5.79 Å². The predicted octanol–water partition coefficient (Wildman–Crippen LogP) is 4.11. The summed E-state index contributed by atoms with van der Waals surface area (Å²) >= 11 is 0. The summed E-state index contributed by atoms with van der Waals surface area (Å²) in [5, 5.41) is 12.5. The van der Waals surface area contributed by atoms with E-state index in [1.807, 2.05) is 0 Å². The first-order valence-electron chi connectivity index (χ1n) is 9.71. The van der Waals surface area contributed by atoms with E-state index in [9.17, 15) is 5.21 Å². The van der Waals surface area contributed by atoms with Crippen LogP contribution in [0.1, 0.15) is 79.1 Å². The van der Waals surface area contributed by atoms with Crippen LogP contribution in [0.4, 0.5) is 0 Å². The molecule has 2 saturated carbocycles. The Morgan fingerprint density at radius 3 is 1.96 bits per heavy atom. The summed E-state index contributed by atoms with van der Waals surface area (Å²) in [7, 11) is 0. The van der Waals surface area contributed by atoms with Crippen molar-refractivity contribution in [2.75, 3.05) is 0 Å². The normalized spacial score (nSPS) is 47.9. The first-order chi connectivity index (χ1) is 10.9. The maximum Gasteiger partial charge on any atom is 0.173 e. The lowest BCUT2D eigenvalue weighted by Gasteiger charge is -2.56. The van der Waals surface area contributed by atoms with Crippen LogP contribution in [0.5, 0.6) is 0 Å². The highest BCUT2D eigenvalue weighted by atomic mass is 16.8. The summed E-state index contributed by atoms with van der Waals surface area (Å²) in [6, 6.07) is 0. The molecule has 0 aromatic carbocycles. The number of piperidine rings is 1. The summed E-state index contributed by atoms with van der Waals surface area (Å²) in [6.07, 6.45) is 9.33. The maximum atomic E-state index is 10.9. The first kappa shape index (κ1) is 16.3. The Balaban J connectivity index is 1.61. The molecule has 4 fully saturated rings. The van der Waals surface area contributed by atoms with Crippen molar-refractivity contribution in [3.05, 3.63) is 0 Å². The molecule has 23 heavy (non-hydrogen) atoms. The molecule has 4 heteroatoms. The molecular formula is C19H33NO3. The zero-order valence-corrected chi connectivity index (χ0v) is 15.2. The average Bonchev–Trinajstić information content (AvgIpc) is 2.84. The van der Waals surface area contributed by atoms with Crippen LogP contribution in [-0.2, 0) is 9.47 Å². The largest absolute Gasteiger partial charge is 0.344 e. The SMILES string of the molecule is CCC1(CC)CC2(CC(C)(C)N1O)OC1C3CCCCC3C1O2. The van der Waals surface area contributed by atoms with Crippen molar-refractivity contribution in [1.29, 1.82) is 0 Å². The molecule has 2 heterocycles. The first-order valence-corrected chi connectivity index (χ1v) is 9.71. The second-order valence-electron chi connectivity index (χ2n) is 9.10. The Morgan fingerprint density at radius 2 is 1.48 bits per heavy atom. The third kappa shape index (κ3) is 2.18. The molecule has 2 aliphatic carbocycles. The van der Waals surface area contributed by atoms with Crippen LogP contribution in [0.2, 0.25) is 0 Å². The van der Waals surface area contributed by atoms with Crippen LogP contribution in [0.15, 0.2) is 0 Å². The number of hydrogen-bond donors (Lipinski definition) is 1. The van der Waals surface area contributed by atoms with E-state index in [0.29, 0.717) is 12.2 Å². The van der Waals surface area contributed by atoms with Crippen molar-refractivity contribution in [1.82, 2.24) is 5.06 Å². The number of hydrogen-bond acceptors (Lipinski definition) is 4. The molecule has 0 aromatic rings. The van der Waals surface area contributed by atoms with Crippen molar-refractivity contribution >= 4 is 0 Å². The van der Waals surface area contributed by atoms with Gasteiger partial charge in [0.05, 0.1) is 17.7 Å². The van der Waals surface area contributed by atoms with E-state index < -0.39 is 5.79 Å². The van der Waals surface area contributed by atoms with Crippen molar-refractivity contribution in [3.63, 3.8) is 0 Å². The van der Waals surface area contributed by atoms with Crippen molar-refractivity contribution in [2.24, 2.45) is 11.8 Å². The molecule has 1 spiro atoms. The van der Waals surface area contributed by atoms with Crippen LogP contribution < -0.4 is 0 Å². The van der Waals surface area contributed by atoms with Crippen molar-refractivity contribution < 1.29 is 14.7 Å². The number of ether oxygens (including phenoxy) is 2. The molecule has 4 rings (SSSR count). The van der Waals surface area contributed by atoms with E-state index in [1.54, 1.807) is 5.06 Å². The van der Waals surface area contributed by atoms with Crippen LogP contribution in [0, 0.1) is 11.8 Å². The Hall–Kier alpha value is -0.160. The van der Waals surface area contributed by atoms with Crippen LogP contribution in [-0.4, -0.2) is 39.3 Å². The lowest BCUT2D eigenvalue weighted by atomic mass is 9.61. The molecule has 2 saturated heterocycles. The fraction of sp³-hybridized carbons (Fsp3) is 1.00. The second-order valence-corrected chi connectivity index (χ2v) is 9.10. The number of hydroxylamine groups is 2. The fourth-order valence-corrected chi connectivity index (χ4v) is 6.16. The van der Waals surface area contributed by atoms with Gasteiger partial charge in [0.1, 0.15) is 0 Å². The fourth-order valence-electron chi connectivity index (χ4n) is 6.16. The van der Waals surface area contributed by atoms with E-state index in [2.05, 4.69) is 27.7 Å². The van der Waals surface area contributed by atoms with E-state index in [1.165, 1.54) is 25.7 Å². The van der Waals surface area contributed by atoms with Gasteiger partial charge in [-0.05, 0) is 51.4 Å². The highest BCUT2D eigenvalue weighted by molar-refractivity contribution is 5.11. The van der Waals surface area contributed by atoms with Gasteiger partial charge < -0.3 is 14.7 Å². The molecule has 4 atom stereocenters. The van der Waals surface area contributed by atoms with Crippen LogP contribution in [0.25, 0.3) is 0 Å². The molecule has 2 aliphatic heterocycles. The molecule has 0 radical (unpaired) electrons. The van der Waals surface area contributed by atoms with Gasteiger partial charge in [-0.3, -0.25) is 0 Å². The summed E-state index contributed by atoms with van der Waals surface area (Å²) < 4.78 is 13.3. The van der Waals surface area contributed by atoms with Crippen LogP contribution in [0.3, 0.4) is 0 Å². The van der Waals surface area contributed by atoms with Gasteiger partial charge in [-0.1, -0.05) is 26.7 Å². The van der Waals surface area contributed by atoms with Crippen molar-refractivity contribution in [3.8, 4) is 0 Å². The predicted molar refractivity (Wildman–Crippen MR) is 88.2 cm³/mol. The second kappa shape index (κ2) is 5.17. The minimum Gasteiger partial charge on any atom is -0.344 e. The monoisotopic (exact) mass is 323 g/mol. The van der Waals surface area contributed by atoms with Crippen LogP contribution >= 0.6 is 0 Å². The van der Waals surface area contributed by atoms with Gasteiger partial charge in [0, 0.05) is 18.4 Å². The molecule has 1 N–H and O–H groups in total. The minimum absolute atomic E-state index is 0.239. The molecule has 132 valence electrons. The Morgan fingerprint density at radius 1 is 0.957 bits per heavy atom. The average molecular weight is 323 g/mol. The van der Waals surface area contributed by atoms with E-state index >= 15 is 0 Å². The van der Waals surface area contributed by atoms with Gasteiger partial charge in [-0.25, -0.2) is 0 Å². The number of fused-ring (bicyclic) bond motifs is 4. The van der Waals surface area contributed by atoms with Gasteiger partial charge in [-0.2, -0.15) is 5.06 Å². The third-order valence-corrected chi connectivity index (χ3v) is 7.38. The van der Waals surface area contributed by atoms with Gasteiger partial charge in [0.25, 0.3) is 0 Å². The highest BCUT2D eigenvalue weighted by Crippen LogP contribution is 2.59. The molecule has 4 aliphatic rings. The summed E-state index contributed by atoms with van der Waals surface area (Å²) in [5.74, 6) is 0.962. The summed E-state index contributed by atoms with van der Waals surface area (Å²) in [4.78, 5) is 0. The highest BCUT2D eigenvalue weighted by Gasteiger charge is 2.67. The Labute approximate surface area is 140 Å².